The molecule has 1 saturated heterocycles. The van der Waals surface area contributed by atoms with Crippen LogP contribution in [0.2, 0.25) is 0 Å². The second kappa shape index (κ2) is 6.47. The highest BCUT2D eigenvalue weighted by molar-refractivity contribution is 6.04. The Balaban J connectivity index is 1.65. The fraction of sp³-hybridized carbons (Fsp3) is 0.250. The van der Waals surface area contributed by atoms with E-state index in [2.05, 4.69) is 15.6 Å². The lowest BCUT2D eigenvalue weighted by atomic mass is 10.1. The van der Waals surface area contributed by atoms with Crippen molar-refractivity contribution < 1.29 is 9.53 Å². The molecule has 0 bridgehead atoms. The molecule has 1 atom stereocenters. The highest BCUT2D eigenvalue weighted by Gasteiger charge is 2.15. The van der Waals surface area contributed by atoms with E-state index in [0.29, 0.717) is 5.56 Å². The van der Waals surface area contributed by atoms with Gasteiger partial charge in [0.2, 0.25) is 0 Å². The van der Waals surface area contributed by atoms with E-state index in [1.807, 2.05) is 24.3 Å². The van der Waals surface area contributed by atoms with Crippen molar-refractivity contribution in [2.45, 2.75) is 6.10 Å². The molecule has 1 aliphatic rings. The first-order chi connectivity index (χ1) is 10.3. The van der Waals surface area contributed by atoms with Gasteiger partial charge in [0.1, 0.15) is 0 Å². The fourth-order valence-corrected chi connectivity index (χ4v) is 2.27. The van der Waals surface area contributed by atoms with E-state index in [1.165, 1.54) is 0 Å². The molecule has 2 aromatic rings. The molecule has 0 saturated carbocycles. The minimum Gasteiger partial charge on any atom is -0.371 e. The molecule has 2 N–H and O–H groups in total. The highest BCUT2D eigenvalue weighted by atomic mass is 16.5. The molecule has 2 heterocycles. The number of morpholine rings is 1. The maximum Gasteiger partial charge on any atom is 0.255 e. The molecule has 1 unspecified atom stereocenters. The van der Waals surface area contributed by atoms with E-state index in [4.69, 9.17) is 4.74 Å². The van der Waals surface area contributed by atoms with Crippen molar-refractivity contribution in [3.63, 3.8) is 0 Å². The number of amides is 1. The number of nitrogens with one attached hydrogen (secondary N) is 2. The number of nitrogens with zero attached hydrogens (tertiary/aromatic N) is 1. The van der Waals surface area contributed by atoms with E-state index < -0.39 is 0 Å². The second-order valence-corrected chi connectivity index (χ2v) is 4.88. The predicted octanol–water partition coefficient (Wildman–Crippen LogP) is 1.99. The van der Waals surface area contributed by atoms with E-state index in [9.17, 15) is 4.79 Å². The van der Waals surface area contributed by atoms with Gasteiger partial charge in [-0.3, -0.25) is 9.78 Å². The number of benzene rings is 1. The van der Waals surface area contributed by atoms with E-state index in [1.54, 1.807) is 24.5 Å². The summed E-state index contributed by atoms with van der Waals surface area (Å²) in [4.78, 5) is 15.9. The van der Waals surface area contributed by atoms with Gasteiger partial charge < -0.3 is 15.4 Å². The van der Waals surface area contributed by atoms with Gasteiger partial charge in [-0.1, -0.05) is 12.1 Å². The van der Waals surface area contributed by atoms with E-state index in [0.717, 1.165) is 30.9 Å². The second-order valence-electron chi connectivity index (χ2n) is 4.88. The summed E-state index contributed by atoms with van der Waals surface area (Å²) < 4.78 is 5.70. The molecule has 108 valence electrons. The van der Waals surface area contributed by atoms with Crippen LogP contribution >= 0.6 is 0 Å². The Morgan fingerprint density at radius 3 is 2.62 bits per heavy atom. The number of pyridine rings is 1. The maximum absolute atomic E-state index is 12.0. The number of rotatable bonds is 3. The molecule has 21 heavy (non-hydrogen) atoms. The topological polar surface area (TPSA) is 63.2 Å². The standard InChI is InChI=1S/C16H17N3O2/c20-16(13-5-7-17-8-6-13)19-14-3-1-12(2-4-14)15-11-18-9-10-21-15/h1-8,15,18H,9-11H2,(H,19,20). The zero-order valence-corrected chi connectivity index (χ0v) is 11.6. The van der Waals surface area contributed by atoms with Crippen LogP contribution in [0.5, 0.6) is 0 Å². The number of aromatic nitrogens is 1. The lowest BCUT2D eigenvalue weighted by molar-refractivity contribution is 0.0277. The molecule has 1 aliphatic heterocycles. The molecule has 1 aromatic carbocycles. The number of hydrogen-bond donors (Lipinski definition) is 2. The lowest BCUT2D eigenvalue weighted by Gasteiger charge is -2.24. The van der Waals surface area contributed by atoms with Crippen LogP contribution in [0.4, 0.5) is 5.69 Å². The number of anilines is 1. The molecule has 1 amide bonds. The maximum atomic E-state index is 12.0. The van der Waals surface area contributed by atoms with Crippen molar-refractivity contribution in [1.82, 2.24) is 10.3 Å². The summed E-state index contributed by atoms with van der Waals surface area (Å²) >= 11 is 0. The SMILES string of the molecule is O=C(Nc1ccc(C2CNCCO2)cc1)c1ccncc1. The first kappa shape index (κ1) is 13.7. The van der Waals surface area contributed by atoms with Crippen molar-refractivity contribution in [2.75, 3.05) is 25.0 Å². The Bertz CT molecular complexity index is 593. The molecule has 5 heteroatoms. The summed E-state index contributed by atoms with van der Waals surface area (Å²) in [7, 11) is 0. The van der Waals surface area contributed by atoms with Gasteiger partial charge in [0, 0.05) is 36.7 Å². The molecular weight excluding hydrogens is 266 g/mol. The van der Waals surface area contributed by atoms with Crippen LogP contribution in [0, 0.1) is 0 Å². The van der Waals surface area contributed by atoms with Gasteiger partial charge in [-0.05, 0) is 29.8 Å². The molecule has 0 radical (unpaired) electrons. The third-order valence-electron chi connectivity index (χ3n) is 3.41. The zero-order valence-electron chi connectivity index (χ0n) is 11.6. The van der Waals surface area contributed by atoms with Gasteiger partial charge in [-0.2, -0.15) is 0 Å². The smallest absolute Gasteiger partial charge is 0.255 e. The minimum atomic E-state index is -0.138. The number of carbonyl (C=O) groups is 1. The molecule has 3 rings (SSSR count). The third-order valence-corrected chi connectivity index (χ3v) is 3.41. The average molecular weight is 283 g/mol. The van der Waals surface area contributed by atoms with Gasteiger partial charge in [0.25, 0.3) is 5.91 Å². The molecule has 5 nitrogen and oxygen atoms in total. The molecule has 0 spiro atoms. The number of ether oxygens (including phenoxy) is 1. The molecule has 0 aliphatic carbocycles. The molecular formula is C16H17N3O2. The van der Waals surface area contributed by atoms with E-state index >= 15 is 0 Å². The Kier molecular flexibility index (Phi) is 4.23. The van der Waals surface area contributed by atoms with Crippen molar-refractivity contribution in [1.29, 1.82) is 0 Å². The lowest BCUT2D eigenvalue weighted by Crippen LogP contribution is -2.33. The van der Waals surface area contributed by atoms with Crippen LogP contribution in [0.1, 0.15) is 22.0 Å². The summed E-state index contributed by atoms with van der Waals surface area (Å²) in [6, 6.07) is 11.1. The molecule has 1 aromatic heterocycles. The summed E-state index contributed by atoms with van der Waals surface area (Å²) in [5.74, 6) is -0.138. The summed E-state index contributed by atoms with van der Waals surface area (Å²) in [5.41, 5.74) is 2.47. The Labute approximate surface area is 123 Å². The highest BCUT2D eigenvalue weighted by Crippen LogP contribution is 2.20. The van der Waals surface area contributed by atoms with Crippen molar-refractivity contribution in [2.24, 2.45) is 0 Å². The quantitative estimate of drug-likeness (QED) is 0.904. The largest absolute Gasteiger partial charge is 0.371 e. The number of carbonyl (C=O) groups excluding carboxylic acids is 1. The minimum absolute atomic E-state index is 0.0868. The monoisotopic (exact) mass is 283 g/mol. The number of hydrogen-bond acceptors (Lipinski definition) is 4. The van der Waals surface area contributed by atoms with E-state index in [-0.39, 0.29) is 12.0 Å². The first-order valence-electron chi connectivity index (χ1n) is 6.96. The van der Waals surface area contributed by atoms with Gasteiger partial charge in [-0.25, -0.2) is 0 Å². The van der Waals surface area contributed by atoms with Crippen LogP contribution in [-0.2, 0) is 4.74 Å². The average Bonchev–Trinajstić information content (AvgIpc) is 2.57. The van der Waals surface area contributed by atoms with Gasteiger partial charge >= 0.3 is 0 Å². The van der Waals surface area contributed by atoms with Crippen LogP contribution in [-0.4, -0.2) is 30.6 Å². The first-order valence-corrected chi connectivity index (χ1v) is 6.96. The Morgan fingerprint density at radius 1 is 1.19 bits per heavy atom. The van der Waals surface area contributed by atoms with Crippen molar-refractivity contribution in [3.8, 4) is 0 Å². The molecule has 1 fully saturated rings. The van der Waals surface area contributed by atoms with Crippen molar-refractivity contribution >= 4 is 11.6 Å². The van der Waals surface area contributed by atoms with Gasteiger partial charge in [0.05, 0.1) is 12.7 Å². The van der Waals surface area contributed by atoms with Crippen molar-refractivity contribution in [3.05, 3.63) is 59.9 Å². The fourth-order valence-electron chi connectivity index (χ4n) is 2.27. The predicted molar refractivity (Wildman–Crippen MR) is 80.2 cm³/mol. The van der Waals surface area contributed by atoms with Gasteiger partial charge in [-0.15, -0.1) is 0 Å². The summed E-state index contributed by atoms with van der Waals surface area (Å²) in [6.45, 7) is 2.45. The zero-order chi connectivity index (χ0) is 14.5. The van der Waals surface area contributed by atoms with Crippen LogP contribution < -0.4 is 10.6 Å². The van der Waals surface area contributed by atoms with Crippen LogP contribution in [0.3, 0.4) is 0 Å². The van der Waals surface area contributed by atoms with Gasteiger partial charge in [0.15, 0.2) is 0 Å². The van der Waals surface area contributed by atoms with Crippen LogP contribution in [0.15, 0.2) is 48.8 Å². The normalized spacial score (nSPS) is 18.2. The summed E-state index contributed by atoms with van der Waals surface area (Å²) in [6.07, 6.45) is 3.29. The Hall–Kier alpha value is -2.24. The Morgan fingerprint density at radius 2 is 1.95 bits per heavy atom. The third kappa shape index (κ3) is 3.45. The summed E-state index contributed by atoms with van der Waals surface area (Å²) in [5, 5.41) is 6.17. The van der Waals surface area contributed by atoms with Crippen LogP contribution in [0.25, 0.3) is 0 Å².